The molecular formula is C18H19NO4S. The van der Waals surface area contributed by atoms with Crippen molar-refractivity contribution in [1.29, 1.82) is 0 Å². The molecule has 2 N–H and O–H groups in total. The molecule has 0 spiro atoms. The van der Waals surface area contributed by atoms with Crippen molar-refractivity contribution in [3.05, 3.63) is 65.2 Å². The van der Waals surface area contributed by atoms with Gasteiger partial charge in [-0.05, 0) is 42.0 Å². The topological polar surface area (TPSA) is 83.5 Å². The number of carboxylic acids is 1. The highest BCUT2D eigenvalue weighted by Crippen LogP contribution is 2.37. The Morgan fingerprint density at radius 3 is 2.42 bits per heavy atom. The monoisotopic (exact) mass is 345 g/mol. The van der Waals surface area contributed by atoms with E-state index in [-0.39, 0.29) is 17.0 Å². The Bertz CT molecular complexity index is 857. The number of carbonyl (C=O) groups is 1. The summed E-state index contributed by atoms with van der Waals surface area (Å²) in [7, 11) is -3.90. The van der Waals surface area contributed by atoms with Gasteiger partial charge in [0, 0.05) is 6.54 Å². The molecule has 6 heteroatoms. The minimum atomic E-state index is -3.90. The molecule has 0 saturated heterocycles. The van der Waals surface area contributed by atoms with Crippen LogP contribution in [0, 0.1) is 0 Å². The van der Waals surface area contributed by atoms with Crippen molar-refractivity contribution >= 4 is 16.0 Å². The van der Waals surface area contributed by atoms with E-state index in [1.807, 2.05) is 24.3 Å². The van der Waals surface area contributed by atoms with E-state index in [1.165, 1.54) is 36.2 Å². The van der Waals surface area contributed by atoms with Crippen LogP contribution in [0.5, 0.6) is 0 Å². The first kappa shape index (κ1) is 16.7. The van der Waals surface area contributed by atoms with Gasteiger partial charge in [-0.2, -0.15) is 0 Å². The highest BCUT2D eigenvalue weighted by molar-refractivity contribution is 7.89. The SMILES string of the molecule is O=C(O)c1ccccc1S(=O)(=O)NCc1ccccc1C1CCC1. The van der Waals surface area contributed by atoms with E-state index in [2.05, 4.69) is 4.72 Å². The maximum Gasteiger partial charge on any atom is 0.337 e. The molecule has 0 unspecified atom stereocenters. The van der Waals surface area contributed by atoms with Gasteiger partial charge < -0.3 is 5.11 Å². The van der Waals surface area contributed by atoms with Crippen molar-refractivity contribution in [2.45, 2.75) is 36.6 Å². The summed E-state index contributed by atoms with van der Waals surface area (Å²) in [5, 5.41) is 9.18. The predicted octanol–water partition coefficient (Wildman–Crippen LogP) is 3.13. The fourth-order valence-electron chi connectivity index (χ4n) is 2.94. The van der Waals surface area contributed by atoms with Crippen molar-refractivity contribution in [1.82, 2.24) is 4.72 Å². The van der Waals surface area contributed by atoms with Crippen LogP contribution in [-0.4, -0.2) is 19.5 Å². The van der Waals surface area contributed by atoms with Crippen LogP contribution >= 0.6 is 0 Å². The maximum absolute atomic E-state index is 12.5. The van der Waals surface area contributed by atoms with Gasteiger partial charge in [-0.3, -0.25) is 0 Å². The summed E-state index contributed by atoms with van der Waals surface area (Å²) < 4.78 is 27.6. The molecule has 0 aromatic heterocycles. The lowest BCUT2D eigenvalue weighted by atomic mass is 9.78. The van der Waals surface area contributed by atoms with Gasteiger partial charge >= 0.3 is 5.97 Å². The number of sulfonamides is 1. The molecule has 0 aliphatic heterocycles. The molecule has 0 heterocycles. The molecule has 5 nitrogen and oxygen atoms in total. The lowest BCUT2D eigenvalue weighted by Crippen LogP contribution is -2.26. The van der Waals surface area contributed by atoms with E-state index in [9.17, 15) is 18.3 Å². The van der Waals surface area contributed by atoms with Crippen LogP contribution in [0.15, 0.2) is 53.4 Å². The third-order valence-electron chi connectivity index (χ3n) is 4.46. The third kappa shape index (κ3) is 3.34. The summed E-state index contributed by atoms with van der Waals surface area (Å²) in [6.45, 7) is 0.156. The Balaban J connectivity index is 1.83. The second-order valence-electron chi connectivity index (χ2n) is 5.95. The first-order chi connectivity index (χ1) is 11.5. The van der Waals surface area contributed by atoms with Gasteiger partial charge in [0.05, 0.1) is 10.5 Å². The average molecular weight is 345 g/mol. The summed E-state index contributed by atoms with van der Waals surface area (Å²) in [5.74, 6) is -0.761. The van der Waals surface area contributed by atoms with Gasteiger partial charge in [0.1, 0.15) is 0 Å². The first-order valence-corrected chi connectivity index (χ1v) is 9.37. The normalized spacial score (nSPS) is 15.0. The number of aromatic carboxylic acids is 1. The van der Waals surface area contributed by atoms with Crippen molar-refractivity contribution in [3.8, 4) is 0 Å². The first-order valence-electron chi connectivity index (χ1n) is 7.89. The zero-order valence-corrected chi connectivity index (χ0v) is 13.9. The molecule has 3 rings (SSSR count). The molecule has 2 aromatic carbocycles. The van der Waals surface area contributed by atoms with Crippen LogP contribution in [-0.2, 0) is 16.6 Å². The van der Waals surface area contributed by atoms with Gasteiger partial charge in [0.2, 0.25) is 10.0 Å². The molecule has 1 saturated carbocycles. The van der Waals surface area contributed by atoms with Crippen molar-refractivity contribution in [2.24, 2.45) is 0 Å². The molecule has 1 fully saturated rings. The van der Waals surface area contributed by atoms with Gasteiger partial charge in [-0.15, -0.1) is 0 Å². The molecule has 0 bridgehead atoms. The van der Waals surface area contributed by atoms with Crippen LogP contribution in [0.25, 0.3) is 0 Å². The van der Waals surface area contributed by atoms with E-state index in [0.29, 0.717) is 5.92 Å². The van der Waals surface area contributed by atoms with Crippen molar-refractivity contribution in [3.63, 3.8) is 0 Å². The van der Waals surface area contributed by atoms with E-state index in [0.717, 1.165) is 18.4 Å². The Morgan fingerprint density at radius 1 is 1.08 bits per heavy atom. The molecular weight excluding hydrogens is 326 g/mol. The number of rotatable bonds is 6. The second-order valence-corrected chi connectivity index (χ2v) is 7.69. The minimum absolute atomic E-state index is 0.156. The average Bonchev–Trinajstić information content (AvgIpc) is 2.52. The van der Waals surface area contributed by atoms with Gasteiger partial charge in [0.25, 0.3) is 0 Å². The molecule has 0 atom stereocenters. The largest absolute Gasteiger partial charge is 0.478 e. The fraction of sp³-hybridized carbons (Fsp3) is 0.278. The smallest absolute Gasteiger partial charge is 0.337 e. The molecule has 0 amide bonds. The number of benzene rings is 2. The standard InChI is InChI=1S/C18H19NO4S/c20-18(21)16-10-3-4-11-17(16)24(22,23)19-12-14-6-1-2-9-15(14)13-7-5-8-13/h1-4,6,9-11,13,19H,5,7-8,12H2,(H,20,21). The van der Waals surface area contributed by atoms with Gasteiger partial charge in [-0.1, -0.05) is 42.8 Å². The summed E-state index contributed by atoms with van der Waals surface area (Å²) in [5.41, 5.74) is 1.90. The van der Waals surface area contributed by atoms with Crippen LogP contribution in [0.2, 0.25) is 0 Å². The number of hydrogen-bond acceptors (Lipinski definition) is 3. The van der Waals surface area contributed by atoms with Crippen molar-refractivity contribution in [2.75, 3.05) is 0 Å². The Hall–Kier alpha value is -2.18. The maximum atomic E-state index is 12.5. The minimum Gasteiger partial charge on any atom is -0.478 e. The van der Waals surface area contributed by atoms with Gasteiger partial charge in [0.15, 0.2) is 0 Å². The van der Waals surface area contributed by atoms with E-state index >= 15 is 0 Å². The third-order valence-corrected chi connectivity index (χ3v) is 5.92. The molecule has 0 radical (unpaired) electrons. The lowest BCUT2D eigenvalue weighted by Gasteiger charge is -2.28. The zero-order chi connectivity index (χ0) is 17.2. The Kier molecular flexibility index (Phi) is 4.69. The van der Waals surface area contributed by atoms with Crippen LogP contribution in [0.4, 0.5) is 0 Å². The zero-order valence-electron chi connectivity index (χ0n) is 13.1. The van der Waals surface area contributed by atoms with Crippen molar-refractivity contribution < 1.29 is 18.3 Å². The molecule has 24 heavy (non-hydrogen) atoms. The Morgan fingerprint density at radius 2 is 1.75 bits per heavy atom. The summed E-state index contributed by atoms with van der Waals surface area (Å²) in [6.07, 6.45) is 3.47. The molecule has 2 aromatic rings. The fourth-order valence-corrected chi connectivity index (χ4v) is 4.14. The molecule has 126 valence electrons. The predicted molar refractivity (Wildman–Crippen MR) is 90.5 cm³/mol. The number of carboxylic acid groups (broad SMARTS) is 1. The summed E-state index contributed by atoms with van der Waals surface area (Å²) >= 11 is 0. The highest BCUT2D eigenvalue weighted by atomic mass is 32.2. The van der Waals surface area contributed by atoms with Gasteiger partial charge in [-0.25, -0.2) is 17.9 Å². The molecule has 1 aliphatic rings. The summed E-state index contributed by atoms with van der Waals surface area (Å²) in [4.78, 5) is 11.0. The van der Waals surface area contributed by atoms with Crippen LogP contribution < -0.4 is 4.72 Å². The lowest BCUT2D eigenvalue weighted by molar-refractivity contribution is 0.0692. The van der Waals surface area contributed by atoms with E-state index in [4.69, 9.17) is 0 Å². The highest BCUT2D eigenvalue weighted by Gasteiger charge is 2.24. The van der Waals surface area contributed by atoms with E-state index in [1.54, 1.807) is 0 Å². The Labute approximate surface area is 141 Å². The second kappa shape index (κ2) is 6.75. The number of hydrogen-bond donors (Lipinski definition) is 2. The molecule has 1 aliphatic carbocycles. The van der Waals surface area contributed by atoms with Crippen LogP contribution in [0.1, 0.15) is 46.7 Å². The number of nitrogens with one attached hydrogen (secondary N) is 1. The van der Waals surface area contributed by atoms with E-state index < -0.39 is 16.0 Å². The summed E-state index contributed by atoms with van der Waals surface area (Å²) in [6, 6.07) is 13.4. The van der Waals surface area contributed by atoms with Crippen LogP contribution in [0.3, 0.4) is 0 Å². The quantitative estimate of drug-likeness (QED) is 0.842.